The lowest BCUT2D eigenvalue weighted by Gasteiger charge is -2.13. The number of benzene rings is 2. The quantitative estimate of drug-likeness (QED) is 0.621. The Morgan fingerprint density at radius 2 is 1.76 bits per heavy atom. The largest absolute Gasteiger partial charge is 0.395 e. The van der Waals surface area contributed by atoms with Crippen LogP contribution >= 0.6 is 0 Å². The second-order valence-electron chi connectivity index (χ2n) is 5.73. The molecule has 6 heteroatoms. The highest BCUT2D eigenvalue weighted by Gasteiger charge is 2.11. The molecule has 0 aromatic heterocycles. The summed E-state index contributed by atoms with van der Waals surface area (Å²) in [6.45, 7) is 3.99. The van der Waals surface area contributed by atoms with Crippen LogP contribution < -0.4 is 16.0 Å². The van der Waals surface area contributed by atoms with Crippen molar-refractivity contribution in [2.45, 2.75) is 13.8 Å². The van der Waals surface area contributed by atoms with E-state index in [9.17, 15) is 9.59 Å². The standard InChI is InChI=1S/C19H23N3O3/c1-13-6-8-15(9-7-13)22-18(24)12-21-17-5-3-4-16(14(17)2)19(25)20-10-11-23/h3-9,21,23H,10-12H2,1-2H3,(H,20,25)(H,22,24). The Labute approximate surface area is 147 Å². The third kappa shape index (κ3) is 5.32. The van der Waals surface area contributed by atoms with Crippen molar-refractivity contribution in [1.82, 2.24) is 5.32 Å². The lowest BCUT2D eigenvalue weighted by Crippen LogP contribution is -2.27. The molecule has 2 aromatic carbocycles. The maximum Gasteiger partial charge on any atom is 0.251 e. The van der Waals surface area contributed by atoms with Crippen LogP contribution in [0.15, 0.2) is 42.5 Å². The van der Waals surface area contributed by atoms with E-state index in [-0.39, 0.29) is 31.5 Å². The fourth-order valence-electron chi connectivity index (χ4n) is 2.36. The third-order valence-corrected chi connectivity index (χ3v) is 3.75. The van der Waals surface area contributed by atoms with E-state index in [1.54, 1.807) is 12.1 Å². The molecular formula is C19H23N3O3. The number of carbonyl (C=O) groups excluding carboxylic acids is 2. The normalized spacial score (nSPS) is 10.2. The van der Waals surface area contributed by atoms with Gasteiger partial charge in [0.1, 0.15) is 0 Å². The van der Waals surface area contributed by atoms with Gasteiger partial charge >= 0.3 is 0 Å². The molecule has 25 heavy (non-hydrogen) atoms. The average Bonchev–Trinajstić information content (AvgIpc) is 2.60. The molecule has 0 bridgehead atoms. The van der Waals surface area contributed by atoms with Gasteiger partial charge in [0, 0.05) is 23.5 Å². The van der Waals surface area contributed by atoms with Crippen LogP contribution in [0.5, 0.6) is 0 Å². The van der Waals surface area contributed by atoms with E-state index < -0.39 is 0 Å². The molecule has 0 saturated carbocycles. The van der Waals surface area contributed by atoms with Crippen molar-refractivity contribution in [3.05, 3.63) is 59.2 Å². The Kier molecular flexibility index (Phi) is 6.54. The highest BCUT2D eigenvalue weighted by Crippen LogP contribution is 2.19. The Hall–Kier alpha value is -2.86. The van der Waals surface area contributed by atoms with E-state index in [0.717, 1.165) is 22.5 Å². The molecule has 2 aromatic rings. The summed E-state index contributed by atoms with van der Waals surface area (Å²) in [6.07, 6.45) is 0. The van der Waals surface area contributed by atoms with Gasteiger partial charge in [-0.05, 0) is 43.7 Å². The topological polar surface area (TPSA) is 90.5 Å². The zero-order valence-electron chi connectivity index (χ0n) is 14.4. The third-order valence-electron chi connectivity index (χ3n) is 3.75. The first-order valence-corrected chi connectivity index (χ1v) is 8.10. The van der Waals surface area contributed by atoms with E-state index in [1.807, 2.05) is 44.2 Å². The zero-order chi connectivity index (χ0) is 18.2. The van der Waals surface area contributed by atoms with E-state index in [1.165, 1.54) is 0 Å². The molecule has 2 rings (SSSR count). The van der Waals surface area contributed by atoms with Gasteiger partial charge in [-0.3, -0.25) is 9.59 Å². The summed E-state index contributed by atoms with van der Waals surface area (Å²) < 4.78 is 0. The summed E-state index contributed by atoms with van der Waals surface area (Å²) in [5.41, 5.74) is 3.85. The summed E-state index contributed by atoms with van der Waals surface area (Å²) in [7, 11) is 0. The first-order valence-electron chi connectivity index (χ1n) is 8.10. The van der Waals surface area contributed by atoms with E-state index >= 15 is 0 Å². The minimum absolute atomic E-state index is 0.0937. The van der Waals surface area contributed by atoms with Crippen molar-refractivity contribution in [3.63, 3.8) is 0 Å². The van der Waals surface area contributed by atoms with Gasteiger partial charge in [0.05, 0.1) is 13.2 Å². The lowest BCUT2D eigenvalue weighted by atomic mass is 10.1. The van der Waals surface area contributed by atoms with Crippen molar-refractivity contribution in [2.24, 2.45) is 0 Å². The van der Waals surface area contributed by atoms with E-state index in [2.05, 4.69) is 16.0 Å². The molecule has 0 unspecified atom stereocenters. The van der Waals surface area contributed by atoms with Gasteiger partial charge in [-0.25, -0.2) is 0 Å². The number of aryl methyl sites for hydroxylation is 1. The van der Waals surface area contributed by atoms with Gasteiger partial charge in [0.2, 0.25) is 5.91 Å². The summed E-state index contributed by atoms with van der Waals surface area (Å²) in [5, 5.41) is 17.3. The average molecular weight is 341 g/mol. The fourth-order valence-corrected chi connectivity index (χ4v) is 2.36. The first-order chi connectivity index (χ1) is 12.0. The molecule has 0 saturated heterocycles. The second-order valence-corrected chi connectivity index (χ2v) is 5.73. The first kappa shape index (κ1) is 18.5. The highest BCUT2D eigenvalue weighted by molar-refractivity contribution is 5.98. The van der Waals surface area contributed by atoms with Crippen LogP contribution in [0.2, 0.25) is 0 Å². The van der Waals surface area contributed by atoms with Gasteiger partial charge in [-0.15, -0.1) is 0 Å². The molecule has 0 spiro atoms. The minimum Gasteiger partial charge on any atom is -0.395 e. The Balaban J connectivity index is 1.97. The zero-order valence-corrected chi connectivity index (χ0v) is 14.4. The molecular weight excluding hydrogens is 318 g/mol. The van der Waals surface area contributed by atoms with Crippen molar-refractivity contribution < 1.29 is 14.7 Å². The summed E-state index contributed by atoms with van der Waals surface area (Å²) >= 11 is 0. The molecule has 2 amide bonds. The summed E-state index contributed by atoms with van der Waals surface area (Å²) in [4.78, 5) is 24.1. The van der Waals surface area contributed by atoms with Crippen LogP contribution in [-0.4, -0.2) is 36.6 Å². The number of rotatable bonds is 7. The Morgan fingerprint density at radius 3 is 2.44 bits per heavy atom. The number of nitrogens with one attached hydrogen (secondary N) is 3. The molecule has 0 radical (unpaired) electrons. The van der Waals surface area contributed by atoms with Crippen LogP contribution in [0.25, 0.3) is 0 Å². The van der Waals surface area contributed by atoms with E-state index in [4.69, 9.17) is 5.11 Å². The van der Waals surface area contributed by atoms with Crippen LogP contribution in [0, 0.1) is 13.8 Å². The monoisotopic (exact) mass is 341 g/mol. The predicted molar refractivity (Wildman–Crippen MR) is 98.9 cm³/mol. The molecule has 6 nitrogen and oxygen atoms in total. The Bertz CT molecular complexity index is 742. The fraction of sp³-hybridized carbons (Fsp3) is 0.263. The van der Waals surface area contributed by atoms with Crippen molar-refractivity contribution in [2.75, 3.05) is 30.3 Å². The van der Waals surface area contributed by atoms with Gasteiger partial charge in [-0.1, -0.05) is 23.8 Å². The maximum absolute atomic E-state index is 12.1. The summed E-state index contributed by atoms with van der Waals surface area (Å²) in [6, 6.07) is 12.8. The van der Waals surface area contributed by atoms with Crippen molar-refractivity contribution >= 4 is 23.2 Å². The van der Waals surface area contributed by atoms with Crippen LogP contribution in [0.4, 0.5) is 11.4 Å². The van der Waals surface area contributed by atoms with Crippen LogP contribution in [-0.2, 0) is 4.79 Å². The smallest absolute Gasteiger partial charge is 0.251 e. The molecule has 0 aliphatic rings. The van der Waals surface area contributed by atoms with Crippen molar-refractivity contribution in [3.8, 4) is 0 Å². The molecule has 0 atom stereocenters. The number of carbonyl (C=O) groups is 2. The Morgan fingerprint density at radius 1 is 1.04 bits per heavy atom. The number of aliphatic hydroxyl groups is 1. The van der Waals surface area contributed by atoms with Crippen LogP contribution in [0.1, 0.15) is 21.5 Å². The molecule has 132 valence electrons. The van der Waals surface area contributed by atoms with Crippen LogP contribution in [0.3, 0.4) is 0 Å². The van der Waals surface area contributed by atoms with Gasteiger partial charge < -0.3 is 21.1 Å². The van der Waals surface area contributed by atoms with Gasteiger partial charge in [-0.2, -0.15) is 0 Å². The minimum atomic E-state index is -0.251. The number of anilines is 2. The molecule has 0 fully saturated rings. The number of hydrogen-bond acceptors (Lipinski definition) is 4. The maximum atomic E-state index is 12.1. The molecule has 0 heterocycles. The molecule has 4 N–H and O–H groups in total. The summed E-state index contributed by atoms with van der Waals surface area (Å²) in [5.74, 6) is -0.419. The predicted octanol–water partition coefficient (Wildman–Crippen LogP) is 2.08. The van der Waals surface area contributed by atoms with Crippen molar-refractivity contribution in [1.29, 1.82) is 0 Å². The number of hydrogen-bond donors (Lipinski definition) is 4. The highest BCUT2D eigenvalue weighted by atomic mass is 16.3. The van der Waals surface area contributed by atoms with Gasteiger partial charge in [0.25, 0.3) is 5.91 Å². The van der Waals surface area contributed by atoms with E-state index in [0.29, 0.717) is 5.56 Å². The number of aliphatic hydroxyl groups excluding tert-OH is 1. The SMILES string of the molecule is Cc1ccc(NC(=O)CNc2cccc(C(=O)NCCO)c2C)cc1. The number of amides is 2. The lowest BCUT2D eigenvalue weighted by molar-refractivity contribution is -0.114. The molecule has 0 aliphatic heterocycles. The second kappa shape index (κ2) is 8.84. The molecule has 0 aliphatic carbocycles. The van der Waals surface area contributed by atoms with Gasteiger partial charge in [0.15, 0.2) is 0 Å².